The Balaban J connectivity index is 2.07. The molecule has 0 bridgehead atoms. The molecule has 4 nitrogen and oxygen atoms in total. The highest BCUT2D eigenvalue weighted by molar-refractivity contribution is 9.10. The van der Waals surface area contributed by atoms with Crippen molar-refractivity contribution in [3.05, 3.63) is 56.0 Å². The number of nitrogens with one attached hydrogen (secondary N) is 1. The molecule has 0 saturated heterocycles. The Hall–Kier alpha value is -0.980. The third kappa shape index (κ3) is 6.04. The highest BCUT2D eigenvalue weighted by atomic mass is 79.9. The van der Waals surface area contributed by atoms with Crippen LogP contribution in [0, 0.1) is 0 Å². The van der Waals surface area contributed by atoms with Crippen molar-refractivity contribution in [1.82, 2.24) is 5.32 Å². The van der Waals surface area contributed by atoms with Gasteiger partial charge in [-0.25, -0.2) is 0 Å². The number of methoxy groups -OCH3 is 2. The van der Waals surface area contributed by atoms with Crippen LogP contribution in [0.4, 0.5) is 0 Å². The van der Waals surface area contributed by atoms with Gasteiger partial charge in [0, 0.05) is 20.2 Å². The van der Waals surface area contributed by atoms with Gasteiger partial charge in [0.15, 0.2) is 11.5 Å². The molecule has 0 saturated carbocycles. The predicted molar refractivity (Wildman–Crippen MR) is 105 cm³/mol. The van der Waals surface area contributed by atoms with Crippen molar-refractivity contribution in [3.63, 3.8) is 0 Å². The van der Waals surface area contributed by atoms with Gasteiger partial charge in [0.2, 0.25) is 0 Å². The first-order chi connectivity index (χ1) is 12.0. The van der Waals surface area contributed by atoms with E-state index in [1.807, 2.05) is 18.2 Å². The summed E-state index contributed by atoms with van der Waals surface area (Å²) in [4.78, 5) is 0. The smallest absolute Gasteiger partial charge is 0.175 e. The SMILES string of the molecule is COCCNCc1cc(Br)c(OCc2ccc(Cl)c(Cl)c2)c(OC)c1. The molecule has 0 radical (unpaired) electrons. The molecular weight excluding hydrogens is 429 g/mol. The maximum absolute atomic E-state index is 6.04. The average Bonchev–Trinajstić information content (AvgIpc) is 2.60. The van der Waals surface area contributed by atoms with Crippen LogP contribution in [0.5, 0.6) is 11.5 Å². The molecule has 0 spiro atoms. The van der Waals surface area contributed by atoms with Crippen molar-refractivity contribution in [2.75, 3.05) is 27.4 Å². The molecule has 0 aliphatic heterocycles. The van der Waals surface area contributed by atoms with Crippen LogP contribution < -0.4 is 14.8 Å². The lowest BCUT2D eigenvalue weighted by molar-refractivity contribution is 0.199. The van der Waals surface area contributed by atoms with Crippen LogP contribution in [0.3, 0.4) is 0 Å². The third-order valence-electron chi connectivity index (χ3n) is 3.47. The summed E-state index contributed by atoms with van der Waals surface area (Å²) in [5.74, 6) is 1.31. The summed E-state index contributed by atoms with van der Waals surface area (Å²) in [7, 11) is 3.30. The monoisotopic (exact) mass is 447 g/mol. The summed E-state index contributed by atoms with van der Waals surface area (Å²) in [5, 5.41) is 4.33. The maximum Gasteiger partial charge on any atom is 0.175 e. The first kappa shape index (κ1) is 20.3. The Morgan fingerprint density at radius 2 is 1.84 bits per heavy atom. The lowest BCUT2D eigenvalue weighted by Gasteiger charge is -2.15. The molecule has 0 atom stereocenters. The zero-order chi connectivity index (χ0) is 18.2. The number of hydrogen-bond donors (Lipinski definition) is 1. The Morgan fingerprint density at radius 1 is 1.04 bits per heavy atom. The van der Waals surface area contributed by atoms with E-state index in [1.54, 1.807) is 26.4 Å². The van der Waals surface area contributed by atoms with E-state index >= 15 is 0 Å². The number of benzene rings is 2. The van der Waals surface area contributed by atoms with Gasteiger partial charge in [-0.05, 0) is 51.3 Å². The summed E-state index contributed by atoms with van der Waals surface area (Å²) in [6, 6.07) is 9.38. The molecule has 25 heavy (non-hydrogen) atoms. The van der Waals surface area contributed by atoms with Crippen LogP contribution in [-0.2, 0) is 17.9 Å². The zero-order valence-electron chi connectivity index (χ0n) is 14.1. The number of hydrogen-bond acceptors (Lipinski definition) is 4. The molecule has 0 fully saturated rings. The lowest BCUT2D eigenvalue weighted by Crippen LogP contribution is -2.18. The van der Waals surface area contributed by atoms with Crippen molar-refractivity contribution in [1.29, 1.82) is 0 Å². The molecular formula is C18H20BrCl2NO3. The third-order valence-corrected chi connectivity index (χ3v) is 4.80. The minimum absolute atomic E-state index is 0.358. The van der Waals surface area contributed by atoms with Crippen molar-refractivity contribution >= 4 is 39.1 Å². The minimum Gasteiger partial charge on any atom is -0.493 e. The standard InChI is InChI=1S/C18H20BrCl2NO3/c1-23-6-5-22-10-13-7-14(19)18(17(9-13)24-2)25-11-12-3-4-15(20)16(21)8-12/h3-4,7-9,22H,5-6,10-11H2,1-2H3. The Kier molecular flexibility index (Phi) is 8.33. The van der Waals surface area contributed by atoms with Crippen molar-refractivity contribution in [3.8, 4) is 11.5 Å². The van der Waals surface area contributed by atoms with E-state index in [9.17, 15) is 0 Å². The molecule has 7 heteroatoms. The van der Waals surface area contributed by atoms with E-state index in [2.05, 4.69) is 21.2 Å². The summed E-state index contributed by atoms with van der Waals surface area (Å²) in [5.41, 5.74) is 2.01. The fourth-order valence-corrected chi connectivity index (χ4v) is 3.13. The molecule has 136 valence electrons. The van der Waals surface area contributed by atoms with Gasteiger partial charge < -0.3 is 19.5 Å². The van der Waals surface area contributed by atoms with Crippen molar-refractivity contribution in [2.24, 2.45) is 0 Å². The molecule has 0 aliphatic rings. The second kappa shape index (κ2) is 10.2. The van der Waals surface area contributed by atoms with Gasteiger partial charge in [0.25, 0.3) is 0 Å². The van der Waals surface area contributed by atoms with Crippen molar-refractivity contribution in [2.45, 2.75) is 13.2 Å². The van der Waals surface area contributed by atoms with Crippen LogP contribution in [0.25, 0.3) is 0 Å². The summed E-state index contributed by atoms with van der Waals surface area (Å²) >= 11 is 15.5. The Bertz CT molecular complexity index is 713. The van der Waals surface area contributed by atoms with Crippen LogP contribution in [0.15, 0.2) is 34.8 Å². The Morgan fingerprint density at radius 3 is 2.52 bits per heavy atom. The van der Waals surface area contributed by atoms with Gasteiger partial charge >= 0.3 is 0 Å². The molecule has 2 aromatic carbocycles. The van der Waals surface area contributed by atoms with E-state index in [-0.39, 0.29) is 0 Å². The van der Waals surface area contributed by atoms with Gasteiger partial charge in [-0.1, -0.05) is 29.3 Å². The molecule has 2 aromatic rings. The Labute approximate surface area is 166 Å². The van der Waals surface area contributed by atoms with E-state index < -0.39 is 0 Å². The normalized spacial score (nSPS) is 10.8. The van der Waals surface area contributed by atoms with Gasteiger partial charge in [-0.2, -0.15) is 0 Å². The van der Waals surface area contributed by atoms with Gasteiger partial charge in [-0.15, -0.1) is 0 Å². The van der Waals surface area contributed by atoms with Gasteiger partial charge in [-0.3, -0.25) is 0 Å². The number of halogens is 3. The van der Waals surface area contributed by atoms with Crippen LogP contribution >= 0.6 is 39.1 Å². The van der Waals surface area contributed by atoms with E-state index in [0.717, 1.165) is 22.1 Å². The van der Waals surface area contributed by atoms with Gasteiger partial charge in [0.1, 0.15) is 6.61 Å². The van der Waals surface area contributed by atoms with Gasteiger partial charge in [0.05, 0.1) is 28.2 Å². The van der Waals surface area contributed by atoms with Crippen molar-refractivity contribution < 1.29 is 14.2 Å². The van der Waals surface area contributed by atoms with E-state index in [0.29, 0.717) is 41.3 Å². The maximum atomic E-state index is 6.04. The fraction of sp³-hybridized carbons (Fsp3) is 0.333. The lowest BCUT2D eigenvalue weighted by atomic mass is 10.2. The quantitative estimate of drug-likeness (QED) is 0.543. The van der Waals surface area contributed by atoms with Crippen LogP contribution in [-0.4, -0.2) is 27.4 Å². The second-order valence-corrected chi connectivity index (χ2v) is 6.98. The van der Waals surface area contributed by atoms with E-state index in [4.69, 9.17) is 37.4 Å². The summed E-state index contributed by atoms with van der Waals surface area (Å²) < 4.78 is 17.2. The highest BCUT2D eigenvalue weighted by Gasteiger charge is 2.12. The summed E-state index contributed by atoms with van der Waals surface area (Å²) in [6.07, 6.45) is 0. The molecule has 0 amide bonds. The highest BCUT2D eigenvalue weighted by Crippen LogP contribution is 2.37. The predicted octanol–water partition coefficient (Wildman–Crippen LogP) is 5.08. The fourth-order valence-electron chi connectivity index (χ4n) is 2.21. The number of ether oxygens (including phenoxy) is 3. The molecule has 1 N–H and O–H groups in total. The minimum atomic E-state index is 0.358. The number of rotatable bonds is 9. The molecule has 0 heterocycles. The largest absolute Gasteiger partial charge is 0.493 e. The molecule has 0 unspecified atom stereocenters. The van der Waals surface area contributed by atoms with Crippen LogP contribution in [0.2, 0.25) is 10.0 Å². The summed E-state index contributed by atoms with van der Waals surface area (Å²) in [6.45, 7) is 2.53. The molecule has 0 aliphatic carbocycles. The first-order valence-electron chi connectivity index (χ1n) is 7.68. The molecule has 0 aromatic heterocycles. The molecule has 2 rings (SSSR count). The average molecular weight is 449 g/mol. The zero-order valence-corrected chi connectivity index (χ0v) is 17.2. The first-order valence-corrected chi connectivity index (χ1v) is 9.22. The topological polar surface area (TPSA) is 39.7 Å². The van der Waals surface area contributed by atoms with E-state index in [1.165, 1.54) is 0 Å². The second-order valence-electron chi connectivity index (χ2n) is 5.32. The van der Waals surface area contributed by atoms with Crippen LogP contribution in [0.1, 0.15) is 11.1 Å².